The Balaban J connectivity index is 2.22. The van der Waals surface area contributed by atoms with E-state index in [1.165, 1.54) is 27.5 Å². The number of hydrogen-bond donors (Lipinski definition) is 0. The van der Waals surface area contributed by atoms with Gasteiger partial charge in [-0.3, -0.25) is 4.98 Å². The molecule has 0 atom stereocenters. The summed E-state index contributed by atoms with van der Waals surface area (Å²) in [5.41, 5.74) is 5.88. The monoisotopic (exact) mass is 247 g/mol. The largest absolute Gasteiger partial charge is 0.252 e. The van der Waals surface area contributed by atoms with Crippen LogP contribution in [0.5, 0.6) is 0 Å². The number of benzene rings is 2. The smallest absolute Gasteiger partial charge is 0.0711 e. The van der Waals surface area contributed by atoms with E-state index in [9.17, 15) is 0 Å². The van der Waals surface area contributed by atoms with Gasteiger partial charge in [0.2, 0.25) is 0 Å². The lowest BCUT2D eigenvalue weighted by Crippen LogP contribution is -1.90. The lowest BCUT2D eigenvalue weighted by atomic mass is 10.0. The van der Waals surface area contributed by atoms with Gasteiger partial charge in [0.15, 0.2) is 0 Å². The van der Waals surface area contributed by atoms with Gasteiger partial charge in [-0.15, -0.1) is 0 Å². The van der Waals surface area contributed by atoms with Crippen LogP contribution < -0.4 is 0 Å². The summed E-state index contributed by atoms with van der Waals surface area (Å²) in [5, 5.41) is 2.50. The Labute approximate surface area is 113 Å². The topological polar surface area (TPSA) is 12.9 Å². The minimum atomic E-state index is 1.05. The molecule has 1 heterocycles. The average Bonchev–Trinajstić information content (AvgIpc) is 2.38. The molecule has 0 N–H and O–H groups in total. The number of aromatic nitrogens is 1. The molecular formula is C18H17N. The van der Waals surface area contributed by atoms with E-state index in [2.05, 4.69) is 69.3 Å². The first kappa shape index (κ1) is 11.9. The van der Waals surface area contributed by atoms with Gasteiger partial charge >= 0.3 is 0 Å². The SMILES string of the molecule is Cc1ccc(-c2cc3cc(C)ccc3c(C)n2)cc1. The fraction of sp³-hybridized carbons (Fsp3) is 0.167. The zero-order valence-corrected chi connectivity index (χ0v) is 11.6. The van der Waals surface area contributed by atoms with Crippen LogP contribution in [0.3, 0.4) is 0 Å². The van der Waals surface area contributed by atoms with Gasteiger partial charge in [-0.1, -0.05) is 53.6 Å². The van der Waals surface area contributed by atoms with Crippen molar-refractivity contribution in [1.29, 1.82) is 0 Å². The van der Waals surface area contributed by atoms with Crippen LogP contribution in [0.2, 0.25) is 0 Å². The van der Waals surface area contributed by atoms with Gasteiger partial charge in [-0.2, -0.15) is 0 Å². The maximum Gasteiger partial charge on any atom is 0.0711 e. The molecule has 3 rings (SSSR count). The molecule has 0 aliphatic carbocycles. The zero-order chi connectivity index (χ0) is 13.4. The van der Waals surface area contributed by atoms with E-state index < -0.39 is 0 Å². The number of aryl methyl sites for hydroxylation is 3. The third-order valence-corrected chi connectivity index (χ3v) is 3.52. The molecule has 0 aliphatic rings. The van der Waals surface area contributed by atoms with Gasteiger partial charge in [0, 0.05) is 16.6 Å². The van der Waals surface area contributed by atoms with Crippen molar-refractivity contribution < 1.29 is 0 Å². The van der Waals surface area contributed by atoms with Crippen LogP contribution in [-0.4, -0.2) is 4.98 Å². The molecule has 19 heavy (non-hydrogen) atoms. The summed E-state index contributed by atoms with van der Waals surface area (Å²) in [4.78, 5) is 4.73. The predicted octanol–water partition coefficient (Wildman–Crippen LogP) is 4.83. The van der Waals surface area contributed by atoms with Crippen LogP contribution in [0, 0.1) is 20.8 Å². The summed E-state index contributed by atoms with van der Waals surface area (Å²) in [6.07, 6.45) is 0. The molecule has 1 heteroatoms. The molecule has 1 aromatic heterocycles. The predicted molar refractivity (Wildman–Crippen MR) is 81.4 cm³/mol. The van der Waals surface area contributed by atoms with Crippen LogP contribution in [-0.2, 0) is 0 Å². The second-order valence-electron chi connectivity index (χ2n) is 5.18. The third kappa shape index (κ3) is 2.24. The lowest BCUT2D eigenvalue weighted by Gasteiger charge is -2.08. The summed E-state index contributed by atoms with van der Waals surface area (Å²) in [7, 11) is 0. The number of pyridine rings is 1. The van der Waals surface area contributed by atoms with Gasteiger partial charge in [0.1, 0.15) is 0 Å². The number of fused-ring (bicyclic) bond motifs is 1. The minimum absolute atomic E-state index is 1.05. The molecule has 94 valence electrons. The summed E-state index contributed by atoms with van der Waals surface area (Å²) in [5.74, 6) is 0. The quantitative estimate of drug-likeness (QED) is 0.600. The van der Waals surface area contributed by atoms with Crippen molar-refractivity contribution in [3.05, 3.63) is 65.4 Å². The van der Waals surface area contributed by atoms with Crippen molar-refractivity contribution >= 4 is 10.8 Å². The highest BCUT2D eigenvalue weighted by Crippen LogP contribution is 2.25. The van der Waals surface area contributed by atoms with Gasteiger partial charge in [0.25, 0.3) is 0 Å². The standard InChI is InChI=1S/C18H17N/c1-12-4-7-15(8-5-12)18-11-16-10-13(2)6-9-17(16)14(3)19-18/h4-11H,1-3H3. The molecule has 3 aromatic rings. The van der Waals surface area contributed by atoms with Crippen molar-refractivity contribution in [2.45, 2.75) is 20.8 Å². The second-order valence-corrected chi connectivity index (χ2v) is 5.18. The van der Waals surface area contributed by atoms with Crippen LogP contribution in [0.1, 0.15) is 16.8 Å². The minimum Gasteiger partial charge on any atom is -0.252 e. The number of nitrogens with zero attached hydrogens (tertiary/aromatic N) is 1. The maximum absolute atomic E-state index is 4.73. The molecule has 0 spiro atoms. The van der Waals surface area contributed by atoms with E-state index in [1.807, 2.05) is 0 Å². The normalized spacial score (nSPS) is 10.9. The fourth-order valence-electron chi connectivity index (χ4n) is 2.42. The molecule has 0 fully saturated rings. The van der Waals surface area contributed by atoms with Crippen molar-refractivity contribution in [1.82, 2.24) is 4.98 Å². The highest BCUT2D eigenvalue weighted by molar-refractivity contribution is 5.88. The maximum atomic E-state index is 4.73. The highest BCUT2D eigenvalue weighted by atomic mass is 14.7. The third-order valence-electron chi connectivity index (χ3n) is 3.52. The molecule has 0 amide bonds. The van der Waals surface area contributed by atoms with Gasteiger partial charge in [-0.25, -0.2) is 0 Å². The molecule has 0 radical (unpaired) electrons. The Hall–Kier alpha value is -2.15. The molecule has 0 aliphatic heterocycles. The van der Waals surface area contributed by atoms with Crippen molar-refractivity contribution in [2.75, 3.05) is 0 Å². The van der Waals surface area contributed by atoms with Gasteiger partial charge in [-0.05, 0) is 32.2 Å². The van der Waals surface area contributed by atoms with E-state index in [0.29, 0.717) is 0 Å². The summed E-state index contributed by atoms with van der Waals surface area (Å²) in [6, 6.07) is 17.2. The molecule has 1 nitrogen and oxygen atoms in total. The Bertz CT molecular complexity index is 739. The fourth-order valence-corrected chi connectivity index (χ4v) is 2.42. The number of rotatable bonds is 1. The molecule has 0 bridgehead atoms. The van der Waals surface area contributed by atoms with Crippen molar-refractivity contribution in [2.24, 2.45) is 0 Å². The van der Waals surface area contributed by atoms with E-state index in [4.69, 9.17) is 4.98 Å². The van der Waals surface area contributed by atoms with E-state index in [-0.39, 0.29) is 0 Å². The lowest BCUT2D eigenvalue weighted by molar-refractivity contribution is 1.23. The van der Waals surface area contributed by atoms with Crippen LogP contribution >= 0.6 is 0 Å². The van der Waals surface area contributed by atoms with Crippen molar-refractivity contribution in [3.63, 3.8) is 0 Å². The molecular weight excluding hydrogens is 230 g/mol. The van der Waals surface area contributed by atoms with Gasteiger partial charge in [0.05, 0.1) is 5.69 Å². The van der Waals surface area contributed by atoms with Crippen LogP contribution in [0.4, 0.5) is 0 Å². The average molecular weight is 247 g/mol. The Morgan fingerprint density at radius 1 is 0.737 bits per heavy atom. The number of hydrogen-bond acceptors (Lipinski definition) is 1. The summed E-state index contributed by atoms with van der Waals surface area (Å²) < 4.78 is 0. The first-order valence-electron chi connectivity index (χ1n) is 6.58. The molecule has 2 aromatic carbocycles. The molecule has 0 saturated carbocycles. The van der Waals surface area contributed by atoms with Crippen LogP contribution in [0.25, 0.3) is 22.0 Å². The van der Waals surface area contributed by atoms with E-state index in [1.54, 1.807) is 0 Å². The van der Waals surface area contributed by atoms with Crippen molar-refractivity contribution in [3.8, 4) is 11.3 Å². The second kappa shape index (κ2) is 4.51. The Kier molecular flexibility index (Phi) is 2.83. The zero-order valence-electron chi connectivity index (χ0n) is 11.6. The Morgan fingerprint density at radius 3 is 2.16 bits per heavy atom. The van der Waals surface area contributed by atoms with E-state index in [0.717, 1.165) is 11.4 Å². The summed E-state index contributed by atoms with van der Waals surface area (Å²) >= 11 is 0. The highest BCUT2D eigenvalue weighted by Gasteiger charge is 2.05. The summed E-state index contributed by atoms with van der Waals surface area (Å²) in [6.45, 7) is 6.31. The molecule has 0 saturated heterocycles. The van der Waals surface area contributed by atoms with Gasteiger partial charge < -0.3 is 0 Å². The molecule has 0 unspecified atom stereocenters. The first-order chi connectivity index (χ1) is 9.13. The van der Waals surface area contributed by atoms with Crippen LogP contribution in [0.15, 0.2) is 48.5 Å². The van der Waals surface area contributed by atoms with E-state index >= 15 is 0 Å². The first-order valence-corrected chi connectivity index (χ1v) is 6.58. The Morgan fingerprint density at radius 2 is 1.42 bits per heavy atom.